The van der Waals surface area contributed by atoms with Crippen LogP contribution in [0.5, 0.6) is 11.5 Å². The van der Waals surface area contributed by atoms with Crippen molar-refractivity contribution >= 4 is 5.91 Å². The van der Waals surface area contributed by atoms with Crippen LogP contribution in [0.1, 0.15) is 17.3 Å². The van der Waals surface area contributed by atoms with Crippen molar-refractivity contribution < 1.29 is 19.7 Å². The lowest BCUT2D eigenvalue weighted by atomic mass is 10.2. The smallest absolute Gasteiger partial charge is 0.251 e. The number of rotatable bonds is 4. The number of likely N-dealkylation sites (N-methyl/N-ethyl adjacent to an activating group) is 1. The van der Waals surface area contributed by atoms with Gasteiger partial charge in [-0.2, -0.15) is 0 Å². The second-order valence-electron chi connectivity index (χ2n) is 4.80. The molecule has 1 atom stereocenters. The zero-order chi connectivity index (χ0) is 14.5. The van der Waals surface area contributed by atoms with Gasteiger partial charge in [0.1, 0.15) is 0 Å². The number of morpholine rings is 1. The van der Waals surface area contributed by atoms with Crippen LogP contribution in [0.4, 0.5) is 0 Å². The van der Waals surface area contributed by atoms with Crippen molar-refractivity contribution in [1.29, 1.82) is 0 Å². The molecule has 1 unspecified atom stereocenters. The molecule has 3 N–H and O–H groups in total. The Morgan fingerprint density at radius 3 is 2.95 bits per heavy atom. The predicted octanol–water partition coefficient (Wildman–Crippen LogP) is 0.548. The van der Waals surface area contributed by atoms with Crippen molar-refractivity contribution in [2.75, 3.05) is 32.8 Å². The fourth-order valence-corrected chi connectivity index (χ4v) is 2.16. The molecule has 1 saturated heterocycles. The summed E-state index contributed by atoms with van der Waals surface area (Å²) in [5, 5.41) is 21.4. The maximum atomic E-state index is 11.9. The number of aromatic hydroxyl groups is 2. The molecule has 1 aromatic carbocycles. The van der Waals surface area contributed by atoms with Gasteiger partial charge in [-0.05, 0) is 24.7 Å². The Balaban J connectivity index is 1.87. The molecule has 110 valence electrons. The minimum atomic E-state index is -0.302. The molecule has 2 rings (SSSR count). The zero-order valence-electron chi connectivity index (χ0n) is 11.5. The van der Waals surface area contributed by atoms with Gasteiger partial charge in [-0.25, -0.2) is 0 Å². The molecule has 1 heterocycles. The number of hydrogen-bond donors (Lipinski definition) is 3. The Morgan fingerprint density at radius 1 is 1.45 bits per heavy atom. The molecule has 0 radical (unpaired) electrons. The van der Waals surface area contributed by atoms with Crippen molar-refractivity contribution in [2.24, 2.45) is 0 Å². The third kappa shape index (κ3) is 3.61. The number of phenols is 2. The molecule has 0 spiro atoms. The number of carbonyl (C=O) groups is 1. The Morgan fingerprint density at radius 2 is 2.25 bits per heavy atom. The average Bonchev–Trinajstić information content (AvgIpc) is 2.47. The highest BCUT2D eigenvalue weighted by molar-refractivity contribution is 5.94. The molecule has 0 bridgehead atoms. The summed E-state index contributed by atoms with van der Waals surface area (Å²) in [6.45, 7) is 5.90. The first kappa shape index (κ1) is 14.6. The lowest BCUT2D eigenvalue weighted by Crippen LogP contribution is -2.47. The van der Waals surface area contributed by atoms with Gasteiger partial charge >= 0.3 is 0 Å². The largest absolute Gasteiger partial charge is 0.504 e. The average molecular weight is 280 g/mol. The molecule has 1 aliphatic heterocycles. The molecule has 6 nitrogen and oxygen atoms in total. The van der Waals surface area contributed by atoms with Crippen molar-refractivity contribution in [3.8, 4) is 11.5 Å². The minimum absolute atomic E-state index is 0.0154. The van der Waals surface area contributed by atoms with Crippen LogP contribution in [0, 0.1) is 0 Å². The summed E-state index contributed by atoms with van der Waals surface area (Å²) in [6.07, 6.45) is -0.0154. The SMILES string of the molecule is CCN1CCOC(CNC(=O)c2ccc(O)c(O)c2)C1. The van der Waals surface area contributed by atoms with Crippen molar-refractivity contribution in [2.45, 2.75) is 13.0 Å². The van der Waals surface area contributed by atoms with Crippen LogP contribution in [-0.2, 0) is 4.74 Å². The summed E-state index contributed by atoms with van der Waals surface area (Å²) >= 11 is 0. The van der Waals surface area contributed by atoms with Crippen LogP contribution in [0.15, 0.2) is 18.2 Å². The maximum absolute atomic E-state index is 11.9. The Hall–Kier alpha value is -1.79. The van der Waals surface area contributed by atoms with E-state index in [9.17, 15) is 15.0 Å². The first-order valence-corrected chi connectivity index (χ1v) is 6.74. The van der Waals surface area contributed by atoms with E-state index < -0.39 is 0 Å². The number of amides is 1. The molecule has 0 aromatic heterocycles. The summed E-state index contributed by atoms with van der Waals surface area (Å²) in [7, 11) is 0. The second kappa shape index (κ2) is 6.58. The molecule has 6 heteroatoms. The fourth-order valence-electron chi connectivity index (χ4n) is 2.16. The Kier molecular flexibility index (Phi) is 4.81. The van der Waals surface area contributed by atoms with Crippen LogP contribution in [0.3, 0.4) is 0 Å². The Labute approximate surface area is 118 Å². The second-order valence-corrected chi connectivity index (χ2v) is 4.80. The molecule has 1 amide bonds. The molecule has 0 saturated carbocycles. The van der Waals surface area contributed by atoms with Gasteiger partial charge in [-0.3, -0.25) is 9.69 Å². The summed E-state index contributed by atoms with van der Waals surface area (Å²) in [5.74, 6) is -0.836. The Bertz CT molecular complexity index is 478. The molecule has 1 aromatic rings. The highest BCUT2D eigenvalue weighted by atomic mass is 16.5. The van der Waals surface area contributed by atoms with E-state index in [1.807, 2.05) is 0 Å². The van der Waals surface area contributed by atoms with Gasteiger partial charge in [0.15, 0.2) is 11.5 Å². The van der Waals surface area contributed by atoms with Gasteiger partial charge in [0.05, 0.1) is 12.7 Å². The maximum Gasteiger partial charge on any atom is 0.251 e. The summed E-state index contributed by atoms with van der Waals surface area (Å²) in [5.41, 5.74) is 0.309. The number of nitrogens with one attached hydrogen (secondary N) is 1. The molecule has 1 aliphatic rings. The topological polar surface area (TPSA) is 82.0 Å². The monoisotopic (exact) mass is 280 g/mol. The molecular weight excluding hydrogens is 260 g/mol. The van der Waals surface area contributed by atoms with Gasteiger partial charge in [0, 0.05) is 25.2 Å². The van der Waals surface area contributed by atoms with Gasteiger partial charge in [-0.15, -0.1) is 0 Å². The summed E-state index contributed by atoms with van der Waals surface area (Å²) in [4.78, 5) is 14.2. The van der Waals surface area contributed by atoms with Crippen LogP contribution in [0.25, 0.3) is 0 Å². The molecule has 1 fully saturated rings. The lowest BCUT2D eigenvalue weighted by Gasteiger charge is -2.32. The summed E-state index contributed by atoms with van der Waals surface area (Å²) < 4.78 is 5.59. The standard InChI is InChI=1S/C14H20N2O4/c1-2-16-5-6-20-11(9-16)8-15-14(19)10-3-4-12(17)13(18)7-10/h3-4,7,11,17-18H,2,5-6,8-9H2,1H3,(H,15,19). The highest BCUT2D eigenvalue weighted by Gasteiger charge is 2.20. The summed E-state index contributed by atoms with van der Waals surface area (Å²) in [6, 6.07) is 4.00. The van der Waals surface area contributed by atoms with Crippen LogP contribution < -0.4 is 5.32 Å². The van der Waals surface area contributed by atoms with Crippen molar-refractivity contribution in [3.05, 3.63) is 23.8 Å². The van der Waals surface area contributed by atoms with E-state index >= 15 is 0 Å². The van der Waals surface area contributed by atoms with Crippen LogP contribution in [-0.4, -0.2) is 59.9 Å². The highest BCUT2D eigenvalue weighted by Crippen LogP contribution is 2.24. The van der Waals surface area contributed by atoms with Crippen LogP contribution >= 0.6 is 0 Å². The minimum Gasteiger partial charge on any atom is -0.504 e. The molecule has 20 heavy (non-hydrogen) atoms. The number of carbonyl (C=O) groups excluding carboxylic acids is 1. The molecule has 0 aliphatic carbocycles. The van der Waals surface area contributed by atoms with Gasteiger partial charge in [0.2, 0.25) is 0 Å². The van der Waals surface area contributed by atoms with Crippen molar-refractivity contribution in [1.82, 2.24) is 10.2 Å². The van der Waals surface area contributed by atoms with Gasteiger partial charge in [0.25, 0.3) is 5.91 Å². The van der Waals surface area contributed by atoms with Crippen molar-refractivity contribution in [3.63, 3.8) is 0 Å². The third-order valence-electron chi connectivity index (χ3n) is 3.40. The first-order chi connectivity index (χ1) is 9.60. The normalized spacial score (nSPS) is 19.8. The van der Waals surface area contributed by atoms with E-state index in [1.54, 1.807) is 0 Å². The van der Waals surface area contributed by atoms with E-state index in [4.69, 9.17) is 4.74 Å². The number of benzene rings is 1. The van der Waals surface area contributed by atoms with E-state index in [2.05, 4.69) is 17.1 Å². The third-order valence-corrected chi connectivity index (χ3v) is 3.40. The van der Waals surface area contributed by atoms with E-state index in [-0.39, 0.29) is 23.5 Å². The van der Waals surface area contributed by atoms with Gasteiger partial charge in [-0.1, -0.05) is 6.92 Å². The number of hydrogen-bond acceptors (Lipinski definition) is 5. The van der Waals surface area contributed by atoms with Gasteiger partial charge < -0.3 is 20.3 Å². The first-order valence-electron chi connectivity index (χ1n) is 6.74. The van der Waals surface area contributed by atoms with Crippen LogP contribution in [0.2, 0.25) is 0 Å². The fraction of sp³-hybridized carbons (Fsp3) is 0.500. The predicted molar refractivity (Wildman–Crippen MR) is 74.0 cm³/mol. The van der Waals surface area contributed by atoms with E-state index in [0.717, 1.165) is 19.6 Å². The number of ether oxygens (including phenoxy) is 1. The number of nitrogens with zero attached hydrogens (tertiary/aromatic N) is 1. The van der Waals surface area contributed by atoms with E-state index in [0.29, 0.717) is 18.7 Å². The van der Waals surface area contributed by atoms with E-state index in [1.165, 1.54) is 18.2 Å². The number of phenolic OH excluding ortho intramolecular Hbond substituents is 2. The molecular formula is C14H20N2O4. The lowest BCUT2D eigenvalue weighted by molar-refractivity contribution is -0.0246. The quantitative estimate of drug-likeness (QED) is 0.702. The zero-order valence-corrected chi connectivity index (χ0v) is 11.5.